The van der Waals surface area contributed by atoms with Crippen molar-refractivity contribution in [2.24, 2.45) is 4.99 Å². The minimum Gasteiger partial charge on any atom is -0.356 e. The fourth-order valence-corrected chi connectivity index (χ4v) is 3.24. The van der Waals surface area contributed by atoms with Gasteiger partial charge in [-0.25, -0.2) is 0 Å². The van der Waals surface area contributed by atoms with E-state index in [-0.39, 0.29) is 24.0 Å². The number of aryl methyl sites for hydroxylation is 1. The molecule has 1 atom stereocenters. The molecule has 0 amide bonds. The lowest BCUT2D eigenvalue weighted by molar-refractivity contribution is 0.482. The van der Waals surface area contributed by atoms with Crippen molar-refractivity contribution < 1.29 is 0 Å². The predicted octanol–water partition coefficient (Wildman–Crippen LogP) is 2.74. The summed E-state index contributed by atoms with van der Waals surface area (Å²) in [6.07, 6.45) is 6.93. The molecule has 136 valence electrons. The summed E-state index contributed by atoms with van der Waals surface area (Å²) in [5, 5.41) is 11.1. The van der Waals surface area contributed by atoms with Crippen molar-refractivity contribution in [3.05, 3.63) is 48.5 Å². The fraction of sp³-hybridized carbons (Fsp3) is 0.500. The first kappa shape index (κ1) is 19.7. The number of nitrogens with one attached hydrogen (secondary N) is 1. The van der Waals surface area contributed by atoms with Crippen molar-refractivity contribution in [1.82, 2.24) is 25.0 Å². The van der Waals surface area contributed by atoms with E-state index in [0.717, 1.165) is 45.0 Å². The van der Waals surface area contributed by atoms with Crippen molar-refractivity contribution in [1.29, 1.82) is 0 Å². The standard InChI is InChI=1S/C18H26N6.HI/c1-19-18(20-10-5-6-11-23-14-21-22-15-23)24-12-9-17(13-24)16-7-3-2-4-8-16;/h2-4,7-8,14-15,17H,5-6,9-13H2,1H3,(H,19,20);1H. The van der Waals surface area contributed by atoms with Crippen LogP contribution in [0.2, 0.25) is 0 Å². The second kappa shape index (κ2) is 10.4. The van der Waals surface area contributed by atoms with Crippen LogP contribution in [0.3, 0.4) is 0 Å². The lowest BCUT2D eigenvalue weighted by atomic mass is 9.99. The van der Waals surface area contributed by atoms with Crippen LogP contribution in [0, 0.1) is 0 Å². The van der Waals surface area contributed by atoms with E-state index >= 15 is 0 Å². The number of guanidine groups is 1. The number of rotatable bonds is 6. The molecule has 1 aromatic carbocycles. The Morgan fingerprint density at radius 1 is 1.20 bits per heavy atom. The van der Waals surface area contributed by atoms with Gasteiger partial charge in [0.1, 0.15) is 12.7 Å². The van der Waals surface area contributed by atoms with Crippen molar-refractivity contribution >= 4 is 29.9 Å². The van der Waals surface area contributed by atoms with Crippen LogP contribution in [-0.2, 0) is 6.54 Å². The smallest absolute Gasteiger partial charge is 0.193 e. The van der Waals surface area contributed by atoms with Gasteiger partial charge in [0.05, 0.1) is 0 Å². The largest absolute Gasteiger partial charge is 0.356 e. The van der Waals surface area contributed by atoms with Crippen molar-refractivity contribution in [2.45, 2.75) is 31.7 Å². The number of hydrogen-bond acceptors (Lipinski definition) is 3. The second-order valence-electron chi connectivity index (χ2n) is 6.22. The molecule has 1 saturated heterocycles. The van der Waals surface area contributed by atoms with Crippen molar-refractivity contribution in [2.75, 3.05) is 26.7 Å². The molecule has 2 heterocycles. The van der Waals surface area contributed by atoms with Gasteiger partial charge in [-0.15, -0.1) is 34.2 Å². The number of nitrogens with zero attached hydrogens (tertiary/aromatic N) is 5. The minimum atomic E-state index is 0. The van der Waals surface area contributed by atoms with Crippen LogP contribution in [0.15, 0.2) is 48.0 Å². The summed E-state index contributed by atoms with van der Waals surface area (Å²) in [5.41, 5.74) is 1.43. The molecule has 7 heteroatoms. The van der Waals surface area contributed by atoms with E-state index < -0.39 is 0 Å². The lowest BCUT2D eigenvalue weighted by Gasteiger charge is -2.21. The first-order chi connectivity index (χ1) is 11.9. The van der Waals surface area contributed by atoms with E-state index in [1.165, 1.54) is 12.0 Å². The molecule has 1 unspecified atom stereocenters. The molecule has 2 aromatic rings. The fourth-order valence-electron chi connectivity index (χ4n) is 3.24. The van der Waals surface area contributed by atoms with E-state index in [9.17, 15) is 0 Å². The number of aliphatic imine (C=N–C) groups is 1. The molecule has 1 aliphatic heterocycles. The number of benzene rings is 1. The normalized spacial score (nSPS) is 17.4. The van der Waals surface area contributed by atoms with Crippen LogP contribution in [0.1, 0.15) is 30.7 Å². The first-order valence-electron chi connectivity index (χ1n) is 8.70. The van der Waals surface area contributed by atoms with Crippen molar-refractivity contribution in [3.63, 3.8) is 0 Å². The average Bonchev–Trinajstić information content (AvgIpc) is 3.31. The lowest BCUT2D eigenvalue weighted by Crippen LogP contribution is -2.40. The highest BCUT2D eigenvalue weighted by atomic mass is 127. The molecule has 0 radical (unpaired) electrons. The van der Waals surface area contributed by atoms with Gasteiger partial charge in [-0.05, 0) is 24.8 Å². The Balaban J connectivity index is 0.00000225. The highest BCUT2D eigenvalue weighted by Crippen LogP contribution is 2.26. The molecule has 0 spiro atoms. The van der Waals surface area contributed by atoms with Gasteiger partial charge in [-0.1, -0.05) is 30.3 Å². The molecule has 25 heavy (non-hydrogen) atoms. The third-order valence-corrected chi connectivity index (χ3v) is 4.56. The Morgan fingerprint density at radius 2 is 1.96 bits per heavy atom. The summed E-state index contributed by atoms with van der Waals surface area (Å²) in [5.74, 6) is 1.64. The predicted molar refractivity (Wildman–Crippen MR) is 111 cm³/mol. The van der Waals surface area contributed by atoms with Crippen LogP contribution in [0.25, 0.3) is 0 Å². The third-order valence-electron chi connectivity index (χ3n) is 4.56. The number of hydrogen-bond donors (Lipinski definition) is 1. The van der Waals surface area contributed by atoms with Gasteiger partial charge < -0.3 is 14.8 Å². The molecule has 1 aromatic heterocycles. The van der Waals surface area contributed by atoms with Crippen LogP contribution >= 0.6 is 24.0 Å². The van der Waals surface area contributed by atoms with E-state index in [2.05, 4.69) is 55.7 Å². The zero-order chi connectivity index (χ0) is 16.6. The summed E-state index contributed by atoms with van der Waals surface area (Å²) in [4.78, 5) is 6.82. The summed E-state index contributed by atoms with van der Waals surface area (Å²) in [6, 6.07) is 10.8. The van der Waals surface area contributed by atoms with Crippen LogP contribution in [-0.4, -0.2) is 52.3 Å². The van der Waals surface area contributed by atoms with E-state index in [0.29, 0.717) is 5.92 Å². The quantitative estimate of drug-likeness (QED) is 0.316. The molecular weight excluding hydrogens is 427 g/mol. The minimum absolute atomic E-state index is 0. The van der Waals surface area contributed by atoms with E-state index in [1.54, 1.807) is 12.7 Å². The maximum Gasteiger partial charge on any atom is 0.193 e. The average molecular weight is 454 g/mol. The van der Waals surface area contributed by atoms with Gasteiger partial charge in [0, 0.05) is 39.1 Å². The number of unbranched alkanes of at least 4 members (excludes halogenated alkanes) is 1. The topological polar surface area (TPSA) is 58.3 Å². The zero-order valence-corrected chi connectivity index (χ0v) is 17.0. The van der Waals surface area contributed by atoms with Gasteiger partial charge in [0.15, 0.2) is 5.96 Å². The first-order valence-corrected chi connectivity index (χ1v) is 8.70. The Bertz CT molecular complexity index is 628. The molecule has 0 aliphatic carbocycles. The molecule has 1 fully saturated rings. The monoisotopic (exact) mass is 454 g/mol. The van der Waals surface area contributed by atoms with Crippen LogP contribution in [0.4, 0.5) is 0 Å². The SMILES string of the molecule is CN=C(NCCCCn1cnnc1)N1CCC(c2ccccc2)C1.I. The van der Waals surface area contributed by atoms with Crippen molar-refractivity contribution in [3.8, 4) is 0 Å². The molecular formula is C18H27IN6. The van der Waals surface area contributed by atoms with Gasteiger partial charge in [0.25, 0.3) is 0 Å². The summed E-state index contributed by atoms with van der Waals surface area (Å²) < 4.78 is 2.01. The Labute approximate surface area is 166 Å². The Hall–Kier alpha value is -1.64. The maximum atomic E-state index is 4.45. The van der Waals surface area contributed by atoms with E-state index in [4.69, 9.17) is 0 Å². The van der Waals surface area contributed by atoms with Gasteiger partial charge in [0.2, 0.25) is 0 Å². The molecule has 6 nitrogen and oxygen atoms in total. The number of aromatic nitrogens is 3. The van der Waals surface area contributed by atoms with E-state index in [1.807, 2.05) is 11.6 Å². The summed E-state index contributed by atoms with van der Waals surface area (Å²) >= 11 is 0. The summed E-state index contributed by atoms with van der Waals surface area (Å²) in [6.45, 7) is 4.03. The van der Waals surface area contributed by atoms with Gasteiger partial charge in [-0.2, -0.15) is 0 Å². The third kappa shape index (κ3) is 5.69. The van der Waals surface area contributed by atoms with Gasteiger partial charge >= 0.3 is 0 Å². The summed E-state index contributed by atoms with van der Waals surface area (Å²) in [7, 11) is 1.87. The molecule has 0 saturated carbocycles. The molecule has 3 rings (SSSR count). The molecule has 1 aliphatic rings. The zero-order valence-electron chi connectivity index (χ0n) is 14.7. The number of likely N-dealkylation sites (tertiary alicyclic amines) is 1. The number of halogens is 1. The maximum absolute atomic E-state index is 4.45. The highest BCUT2D eigenvalue weighted by Gasteiger charge is 2.25. The highest BCUT2D eigenvalue weighted by molar-refractivity contribution is 14.0. The molecule has 0 bridgehead atoms. The van der Waals surface area contributed by atoms with Crippen LogP contribution in [0.5, 0.6) is 0 Å². The van der Waals surface area contributed by atoms with Gasteiger partial charge in [-0.3, -0.25) is 4.99 Å². The Kier molecular flexibility index (Phi) is 8.17. The molecule has 1 N–H and O–H groups in total. The van der Waals surface area contributed by atoms with Crippen LogP contribution < -0.4 is 5.32 Å². The Morgan fingerprint density at radius 3 is 2.68 bits per heavy atom. The second-order valence-corrected chi connectivity index (χ2v) is 6.22.